The van der Waals surface area contributed by atoms with Crippen molar-refractivity contribution in [2.75, 3.05) is 11.9 Å². The van der Waals surface area contributed by atoms with E-state index in [1.54, 1.807) is 17.7 Å². The summed E-state index contributed by atoms with van der Waals surface area (Å²) >= 11 is 0. The standard InChI is InChI=1S/C11H17N3O3/c1-3-5-14-6-4-12-9(10(14)15)13-7-8(2)11(16)17/h4,6,8H,3,5,7H2,1-2H3,(H,12,13)(H,16,17). The van der Waals surface area contributed by atoms with Gasteiger partial charge in [0, 0.05) is 25.5 Å². The van der Waals surface area contributed by atoms with Gasteiger partial charge in [-0.3, -0.25) is 9.59 Å². The molecule has 0 aromatic carbocycles. The predicted molar refractivity (Wildman–Crippen MR) is 64.1 cm³/mol. The smallest absolute Gasteiger partial charge is 0.308 e. The minimum atomic E-state index is -0.901. The molecule has 1 heterocycles. The van der Waals surface area contributed by atoms with E-state index in [2.05, 4.69) is 10.3 Å². The summed E-state index contributed by atoms with van der Waals surface area (Å²) in [5.41, 5.74) is -0.216. The first kappa shape index (κ1) is 13.2. The maximum atomic E-state index is 11.8. The molecule has 0 bridgehead atoms. The number of nitrogens with zero attached hydrogens (tertiary/aromatic N) is 2. The highest BCUT2D eigenvalue weighted by molar-refractivity contribution is 5.70. The van der Waals surface area contributed by atoms with Gasteiger partial charge in [-0.1, -0.05) is 13.8 Å². The summed E-state index contributed by atoms with van der Waals surface area (Å²) < 4.78 is 1.56. The first-order valence-corrected chi connectivity index (χ1v) is 5.58. The molecule has 6 heteroatoms. The average molecular weight is 239 g/mol. The van der Waals surface area contributed by atoms with Gasteiger partial charge < -0.3 is 15.0 Å². The van der Waals surface area contributed by atoms with Crippen molar-refractivity contribution >= 4 is 11.8 Å². The normalized spacial score (nSPS) is 12.1. The number of aryl methyl sites for hydroxylation is 1. The van der Waals surface area contributed by atoms with Gasteiger partial charge in [0.2, 0.25) is 0 Å². The van der Waals surface area contributed by atoms with Crippen molar-refractivity contribution in [1.82, 2.24) is 9.55 Å². The van der Waals surface area contributed by atoms with Crippen LogP contribution < -0.4 is 10.9 Å². The third-order valence-electron chi connectivity index (χ3n) is 2.38. The molecule has 2 N–H and O–H groups in total. The number of aliphatic carboxylic acids is 1. The van der Waals surface area contributed by atoms with Crippen molar-refractivity contribution in [3.63, 3.8) is 0 Å². The van der Waals surface area contributed by atoms with Gasteiger partial charge in [0.1, 0.15) is 0 Å². The summed E-state index contributed by atoms with van der Waals surface area (Å²) in [6.07, 6.45) is 4.01. The fourth-order valence-corrected chi connectivity index (χ4v) is 1.32. The Bertz CT molecular complexity index is 442. The van der Waals surface area contributed by atoms with Crippen LogP contribution in [-0.2, 0) is 11.3 Å². The van der Waals surface area contributed by atoms with Gasteiger partial charge in [0.15, 0.2) is 5.82 Å². The lowest BCUT2D eigenvalue weighted by Crippen LogP contribution is -2.27. The van der Waals surface area contributed by atoms with Crippen LogP contribution in [0.3, 0.4) is 0 Å². The van der Waals surface area contributed by atoms with Gasteiger partial charge in [-0.15, -0.1) is 0 Å². The first-order valence-electron chi connectivity index (χ1n) is 5.58. The molecular formula is C11H17N3O3. The highest BCUT2D eigenvalue weighted by Gasteiger charge is 2.12. The monoisotopic (exact) mass is 239 g/mol. The zero-order valence-electron chi connectivity index (χ0n) is 10.0. The third-order valence-corrected chi connectivity index (χ3v) is 2.38. The van der Waals surface area contributed by atoms with Gasteiger partial charge in [0.25, 0.3) is 5.56 Å². The summed E-state index contributed by atoms with van der Waals surface area (Å²) in [5.74, 6) is -1.26. The summed E-state index contributed by atoms with van der Waals surface area (Å²) in [7, 11) is 0. The van der Waals surface area contributed by atoms with Crippen LogP contribution in [-0.4, -0.2) is 27.2 Å². The molecule has 1 unspecified atom stereocenters. The van der Waals surface area contributed by atoms with Crippen LogP contribution >= 0.6 is 0 Å². The Morgan fingerprint density at radius 3 is 2.94 bits per heavy atom. The zero-order valence-corrected chi connectivity index (χ0v) is 10.0. The number of hydrogen-bond acceptors (Lipinski definition) is 4. The molecule has 0 fully saturated rings. The number of aromatic nitrogens is 2. The Kier molecular flexibility index (Phi) is 4.68. The number of carbonyl (C=O) groups is 1. The minimum Gasteiger partial charge on any atom is -0.481 e. The molecule has 0 aliphatic carbocycles. The largest absolute Gasteiger partial charge is 0.481 e. The molecule has 17 heavy (non-hydrogen) atoms. The molecule has 0 aliphatic rings. The number of rotatable bonds is 6. The van der Waals surface area contributed by atoms with E-state index < -0.39 is 11.9 Å². The second kappa shape index (κ2) is 6.03. The lowest BCUT2D eigenvalue weighted by molar-refractivity contribution is -0.140. The molecule has 6 nitrogen and oxygen atoms in total. The summed E-state index contributed by atoms with van der Waals surface area (Å²) in [5, 5.41) is 11.5. The lowest BCUT2D eigenvalue weighted by atomic mass is 10.2. The first-order chi connectivity index (χ1) is 8.06. The molecule has 94 valence electrons. The molecule has 0 radical (unpaired) electrons. The minimum absolute atomic E-state index is 0.188. The fraction of sp³-hybridized carbons (Fsp3) is 0.545. The number of nitrogens with one attached hydrogen (secondary N) is 1. The third kappa shape index (κ3) is 3.58. The van der Waals surface area contributed by atoms with Crippen molar-refractivity contribution in [2.45, 2.75) is 26.8 Å². The zero-order chi connectivity index (χ0) is 12.8. The van der Waals surface area contributed by atoms with E-state index in [4.69, 9.17) is 5.11 Å². The van der Waals surface area contributed by atoms with Crippen LogP contribution in [0, 0.1) is 5.92 Å². The van der Waals surface area contributed by atoms with Crippen molar-refractivity contribution in [3.8, 4) is 0 Å². The van der Waals surface area contributed by atoms with Crippen molar-refractivity contribution in [1.29, 1.82) is 0 Å². The SMILES string of the molecule is CCCn1ccnc(NCC(C)C(=O)O)c1=O. The van der Waals surface area contributed by atoms with E-state index in [1.165, 1.54) is 6.20 Å². The van der Waals surface area contributed by atoms with Gasteiger partial charge >= 0.3 is 5.97 Å². The van der Waals surface area contributed by atoms with Crippen LogP contribution in [0.25, 0.3) is 0 Å². The van der Waals surface area contributed by atoms with Crippen LogP contribution in [0.15, 0.2) is 17.2 Å². The van der Waals surface area contributed by atoms with Crippen LogP contribution in [0.2, 0.25) is 0 Å². The highest BCUT2D eigenvalue weighted by Crippen LogP contribution is 1.98. The Morgan fingerprint density at radius 2 is 2.35 bits per heavy atom. The Hall–Kier alpha value is -1.85. The summed E-state index contributed by atoms with van der Waals surface area (Å²) in [6, 6.07) is 0. The molecule has 0 saturated heterocycles. The number of carboxylic acid groups (broad SMARTS) is 1. The van der Waals surface area contributed by atoms with Crippen LogP contribution in [0.5, 0.6) is 0 Å². The molecule has 1 aromatic rings. The Balaban J connectivity index is 2.75. The van der Waals surface area contributed by atoms with Gasteiger partial charge in [0.05, 0.1) is 5.92 Å². The molecule has 1 rings (SSSR count). The Morgan fingerprint density at radius 1 is 1.65 bits per heavy atom. The van der Waals surface area contributed by atoms with Crippen LogP contribution in [0.1, 0.15) is 20.3 Å². The van der Waals surface area contributed by atoms with E-state index >= 15 is 0 Å². The summed E-state index contributed by atoms with van der Waals surface area (Å²) in [4.78, 5) is 26.4. The van der Waals surface area contributed by atoms with Crippen LogP contribution in [0.4, 0.5) is 5.82 Å². The molecule has 0 spiro atoms. The second-order valence-electron chi connectivity index (χ2n) is 3.89. The summed E-state index contributed by atoms with van der Waals surface area (Å²) in [6.45, 7) is 4.37. The molecule has 0 saturated carbocycles. The number of carboxylic acids is 1. The fourth-order valence-electron chi connectivity index (χ4n) is 1.32. The molecule has 0 aliphatic heterocycles. The van der Waals surface area contributed by atoms with Gasteiger partial charge in [-0.25, -0.2) is 4.98 Å². The van der Waals surface area contributed by atoms with Crippen molar-refractivity contribution in [2.24, 2.45) is 5.92 Å². The molecular weight excluding hydrogens is 222 g/mol. The quantitative estimate of drug-likeness (QED) is 0.766. The van der Waals surface area contributed by atoms with Gasteiger partial charge in [-0.05, 0) is 6.42 Å². The number of anilines is 1. The topological polar surface area (TPSA) is 84.2 Å². The van der Waals surface area contributed by atoms with E-state index in [-0.39, 0.29) is 17.9 Å². The maximum absolute atomic E-state index is 11.8. The second-order valence-corrected chi connectivity index (χ2v) is 3.89. The van der Waals surface area contributed by atoms with Gasteiger partial charge in [-0.2, -0.15) is 0 Å². The van der Waals surface area contributed by atoms with E-state index in [0.717, 1.165) is 6.42 Å². The van der Waals surface area contributed by atoms with Crippen molar-refractivity contribution in [3.05, 3.63) is 22.7 Å². The Labute approximate surface area is 99.3 Å². The highest BCUT2D eigenvalue weighted by atomic mass is 16.4. The van der Waals surface area contributed by atoms with E-state index in [1.807, 2.05) is 6.92 Å². The molecule has 0 amide bonds. The number of hydrogen-bond donors (Lipinski definition) is 2. The van der Waals surface area contributed by atoms with E-state index in [9.17, 15) is 9.59 Å². The maximum Gasteiger partial charge on any atom is 0.308 e. The molecule has 1 atom stereocenters. The molecule has 1 aromatic heterocycles. The lowest BCUT2D eigenvalue weighted by Gasteiger charge is -2.10. The van der Waals surface area contributed by atoms with Crippen molar-refractivity contribution < 1.29 is 9.90 Å². The predicted octanol–water partition coefficient (Wildman–Crippen LogP) is 0.786. The van der Waals surface area contributed by atoms with E-state index in [0.29, 0.717) is 6.54 Å². The average Bonchev–Trinajstić information content (AvgIpc) is 2.30.